The molecule has 210 valence electrons. The van der Waals surface area contributed by atoms with Crippen LogP contribution in [0.5, 0.6) is 5.75 Å². The molecule has 1 saturated carbocycles. The molecule has 3 aromatic rings. The van der Waals surface area contributed by atoms with E-state index in [4.69, 9.17) is 9.47 Å². The van der Waals surface area contributed by atoms with Gasteiger partial charge in [-0.2, -0.15) is 0 Å². The molecule has 13 nitrogen and oxygen atoms in total. The van der Waals surface area contributed by atoms with Crippen molar-refractivity contribution in [3.05, 3.63) is 63.6 Å². The Kier molecular flexibility index (Phi) is 7.54. The zero-order valence-corrected chi connectivity index (χ0v) is 22.5. The van der Waals surface area contributed by atoms with Crippen LogP contribution in [0.25, 0.3) is 0 Å². The van der Waals surface area contributed by atoms with E-state index in [0.29, 0.717) is 30.8 Å². The van der Waals surface area contributed by atoms with Crippen molar-refractivity contribution in [3.63, 3.8) is 0 Å². The fourth-order valence-electron chi connectivity index (χ4n) is 5.29. The van der Waals surface area contributed by atoms with E-state index in [2.05, 4.69) is 20.6 Å². The van der Waals surface area contributed by atoms with E-state index in [-0.39, 0.29) is 30.5 Å². The molecule has 2 N–H and O–H groups in total. The van der Waals surface area contributed by atoms with Gasteiger partial charge < -0.3 is 35.1 Å². The van der Waals surface area contributed by atoms with Crippen LogP contribution in [0.1, 0.15) is 42.5 Å². The highest BCUT2D eigenvalue weighted by Gasteiger charge is 2.36. The van der Waals surface area contributed by atoms with Gasteiger partial charge in [-0.15, -0.1) is 0 Å². The average molecular weight is 550 g/mol. The molecule has 0 unspecified atom stereocenters. The Bertz CT molecular complexity index is 1450. The van der Waals surface area contributed by atoms with Crippen LogP contribution in [-0.2, 0) is 29.6 Å². The van der Waals surface area contributed by atoms with Crippen LogP contribution in [-0.4, -0.2) is 50.7 Å². The summed E-state index contributed by atoms with van der Waals surface area (Å²) < 4.78 is 11.8. The van der Waals surface area contributed by atoms with E-state index < -0.39 is 11.0 Å². The van der Waals surface area contributed by atoms with Crippen molar-refractivity contribution in [2.45, 2.75) is 57.7 Å². The third-order valence-electron chi connectivity index (χ3n) is 7.49. The number of carbonyl (C=O) groups excluding carboxylic acids is 2. The molecule has 1 fully saturated rings. The standard InChI is InChI=1S/C27H31N7O6/c1-16-10-21(39-3)8-9-22(16)31-24-12-23-17(13-28-24)11-25(35)33(23)19-6-4-18(5-7-19)30-27(36)40-15-20-14-29-26(32(20)2)34(37)38/h8-10,12-14,18-19H,4-7,11,15H2,1-3H3,(H,28,31)(H,30,36). The molecular weight excluding hydrogens is 518 g/mol. The largest absolute Gasteiger partial charge is 0.497 e. The van der Waals surface area contributed by atoms with Gasteiger partial charge in [-0.25, -0.2) is 14.3 Å². The van der Waals surface area contributed by atoms with Gasteiger partial charge in [-0.3, -0.25) is 4.79 Å². The molecule has 2 aliphatic rings. The minimum absolute atomic E-state index is 0.0239. The highest BCUT2D eigenvalue weighted by molar-refractivity contribution is 6.02. The summed E-state index contributed by atoms with van der Waals surface area (Å²) in [4.78, 5) is 45.8. The first-order chi connectivity index (χ1) is 19.2. The fourth-order valence-corrected chi connectivity index (χ4v) is 5.29. The van der Waals surface area contributed by atoms with Gasteiger partial charge in [0.25, 0.3) is 0 Å². The summed E-state index contributed by atoms with van der Waals surface area (Å²) in [6, 6.07) is 7.62. The predicted molar refractivity (Wildman–Crippen MR) is 146 cm³/mol. The third kappa shape index (κ3) is 5.53. The van der Waals surface area contributed by atoms with E-state index in [0.717, 1.165) is 41.1 Å². The monoisotopic (exact) mass is 549 g/mol. The number of carbonyl (C=O) groups is 2. The highest BCUT2D eigenvalue weighted by atomic mass is 16.6. The highest BCUT2D eigenvalue weighted by Crippen LogP contribution is 2.37. The zero-order valence-electron chi connectivity index (χ0n) is 22.5. The number of fused-ring (bicyclic) bond motifs is 1. The number of methoxy groups -OCH3 is 1. The van der Waals surface area contributed by atoms with Gasteiger partial charge >= 0.3 is 12.0 Å². The summed E-state index contributed by atoms with van der Waals surface area (Å²) in [6.07, 6.45) is 5.64. The molecule has 2 aromatic heterocycles. The van der Waals surface area contributed by atoms with Crippen LogP contribution in [0, 0.1) is 17.0 Å². The van der Waals surface area contributed by atoms with E-state index in [1.54, 1.807) is 13.3 Å². The molecule has 1 aromatic carbocycles. The molecule has 0 bridgehead atoms. The van der Waals surface area contributed by atoms with E-state index in [9.17, 15) is 19.7 Å². The average Bonchev–Trinajstić information content (AvgIpc) is 3.47. The lowest BCUT2D eigenvalue weighted by atomic mass is 9.90. The number of aromatic nitrogens is 3. The number of nitrogens with zero attached hydrogens (tertiary/aromatic N) is 5. The molecule has 2 amide bonds. The normalized spacial score (nSPS) is 18.3. The molecule has 1 aliphatic heterocycles. The van der Waals surface area contributed by atoms with Crippen LogP contribution in [0.4, 0.5) is 27.9 Å². The fraction of sp³-hybridized carbons (Fsp3) is 0.407. The lowest BCUT2D eigenvalue weighted by Crippen LogP contribution is -2.45. The van der Waals surface area contributed by atoms with Gasteiger partial charge in [0.2, 0.25) is 5.91 Å². The van der Waals surface area contributed by atoms with Crippen molar-refractivity contribution in [3.8, 4) is 5.75 Å². The Morgan fingerprint density at radius 3 is 2.62 bits per heavy atom. The minimum atomic E-state index is -0.596. The number of ether oxygens (including phenoxy) is 2. The van der Waals surface area contributed by atoms with Crippen LogP contribution in [0.2, 0.25) is 0 Å². The minimum Gasteiger partial charge on any atom is -0.497 e. The lowest BCUT2D eigenvalue weighted by Gasteiger charge is -2.35. The Morgan fingerprint density at radius 2 is 1.95 bits per heavy atom. The second kappa shape index (κ2) is 11.2. The number of benzene rings is 1. The van der Waals surface area contributed by atoms with Gasteiger partial charge in [0.1, 0.15) is 17.8 Å². The SMILES string of the molecule is COc1ccc(Nc2cc3c(cn2)CC(=O)N3C2CCC(NC(=O)OCc3cnc([N+](=O)[O-])n3C)CC2)c(C)c1. The third-order valence-corrected chi connectivity index (χ3v) is 7.49. The maximum absolute atomic E-state index is 13.0. The summed E-state index contributed by atoms with van der Waals surface area (Å²) in [7, 11) is 3.13. The molecule has 0 spiro atoms. The number of hydrogen-bond acceptors (Lipinski definition) is 9. The quantitative estimate of drug-likeness (QED) is 0.314. The Hall–Kier alpha value is -4.68. The molecule has 5 rings (SSSR count). The van der Waals surface area contributed by atoms with Gasteiger partial charge in [0.15, 0.2) is 12.3 Å². The van der Waals surface area contributed by atoms with Crippen molar-refractivity contribution < 1.29 is 24.0 Å². The summed E-state index contributed by atoms with van der Waals surface area (Å²) in [5, 5.41) is 17.2. The number of imidazole rings is 1. The lowest BCUT2D eigenvalue weighted by molar-refractivity contribution is -0.396. The number of nitrogens with one attached hydrogen (secondary N) is 2. The number of anilines is 3. The topological polar surface area (TPSA) is 154 Å². The molecule has 0 atom stereocenters. The Morgan fingerprint density at radius 1 is 1.18 bits per heavy atom. The molecule has 0 radical (unpaired) electrons. The number of aryl methyl sites for hydroxylation is 1. The summed E-state index contributed by atoms with van der Waals surface area (Å²) in [6.45, 7) is 1.86. The molecule has 3 heterocycles. The van der Waals surface area contributed by atoms with Crippen molar-refractivity contribution >= 4 is 35.1 Å². The van der Waals surface area contributed by atoms with E-state index >= 15 is 0 Å². The first-order valence-electron chi connectivity index (χ1n) is 13.0. The number of alkyl carbamates (subject to hydrolysis) is 1. The van der Waals surface area contributed by atoms with Crippen LogP contribution < -0.4 is 20.3 Å². The first-order valence-corrected chi connectivity index (χ1v) is 13.0. The summed E-state index contributed by atoms with van der Waals surface area (Å²) >= 11 is 0. The number of rotatable bonds is 8. The maximum atomic E-state index is 13.0. The molecular formula is C27H31N7O6. The van der Waals surface area contributed by atoms with Gasteiger partial charge in [0.05, 0.1) is 26.3 Å². The maximum Gasteiger partial charge on any atom is 0.434 e. The molecule has 13 heteroatoms. The smallest absolute Gasteiger partial charge is 0.434 e. The van der Waals surface area contributed by atoms with Crippen LogP contribution in [0.3, 0.4) is 0 Å². The second-order valence-corrected chi connectivity index (χ2v) is 10.0. The Labute approximate surface area is 230 Å². The van der Waals surface area contributed by atoms with Crippen molar-refractivity contribution in [2.24, 2.45) is 7.05 Å². The van der Waals surface area contributed by atoms with Gasteiger partial charge in [0, 0.05) is 35.6 Å². The number of pyridine rings is 1. The first kappa shape index (κ1) is 26.9. The Balaban J connectivity index is 1.17. The van der Waals surface area contributed by atoms with Gasteiger partial charge in [-0.1, -0.05) is 4.98 Å². The number of nitro groups is 1. The van der Waals surface area contributed by atoms with Crippen LogP contribution in [0.15, 0.2) is 36.7 Å². The van der Waals surface area contributed by atoms with Gasteiger partial charge in [-0.05, 0) is 61.3 Å². The predicted octanol–water partition coefficient (Wildman–Crippen LogP) is 3.91. The number of amides is 2. The molecule has 0 saturated heterocycles. The van der Waals surface area contributed by atoms with Crippen molar-refractivity contribution in [1.82, 2.24) is 19.9 Å². The molecule has 40 heavy (non-hydrogen) atoms. The van der Waals surface area contributed by atoms with Crippen molar-refractivity contribution in [1.29, 1.82) is 0 Å². The van der Waals surface area contributed by atoms with Crippen molar-refractivity contribution in [2.75, 3.05) is 17.3 Å². The second-order valence-electron chi connectivity index (χ2n) is 10.0. The van der Waals surface area contributed by atoms with Crippen LogP contribution >= 0.6 is 0 Å². The number of hydrogen-bond donors (Lipinski definition) is 2. The summed E-state index contributed by atoms with van der Waals surface area (Å²) in [5.41, 5.74) is 4.11. The summed E-state index contributed by atoms with van der Waals surface area (Å²) in [5.74, 6) is 1.17. The zero-order chi connectivity index (χ0) is 28.4. The van der Waals surface area contributed by atoms with E-state index in [1.165, 1.54) is 17.8 Å². The van der Waals surface area contributed by atoms with E-state index in [1.807, 2.05) is 36.1 Å². The molecule has 1 aliphatic carbocycles.